The number of aromatic amines is 1. The molecule has 0 radical (unpaired) electrons. The number of aromatic nitrogens is 2. The Morgan fingerprint density at radius 3 is 2.80 bits per heavy atom. The van der Waals surface area contributed by atoms with Crippen LogP contribution in [0, 0.1) is 0 Å². The van der Waals surface area contributed by atoms with Gasteiger partial charge in [0.2, 0.25) is 0 Å². The molecule has 3 heteroatoms. The number of hydrogen-bond donors (Lipinski definition) is 2. The Bertz CT molecular complexity index is 225. The number of nitrogens with two attached hydrogens (primary N) is 1. The van der Waals surface area contributed by atoms with E-state index in [2.05, 4.69) is 10.2 Å². The number of H-pyrrole nitrogens is 1. The largest absolute Gasteiger partial charge is 0.382 e. The highest BCUT2D eigenvalue weighted by molar-refractivity contribution is 5.30. The third-order valence-electron chi connectivity index (χ3n) is 2.16. The van der Waals surface area contributed by atoms with Crippen LogP contribution in [0.15, 0.2) is 6.07 Å². The number of nitrogens with one attached hydrogen (secondary N) is 1. The summed E-state index contributed by atoms with van der Waals surface area (Å²) in [5.41, 5.74) is 6.66. The van der Waals surface area contributed by atoms with E-state index in [9.17, 15) is 0 Å². The molecule has 0 amide bonds. The van der Waals surface area contributed by atoms with E-state index >= 15 is 0 Å². The third-order valence-corrected chi connectivity index (χ3v) is 2.16. The Kier molecular flexibility index (Phi) is 1.16. The van der Waals surface area contributed by atoms with Crippen LogP contribution in [-0.2, 0) is 0 Å². The minimum Gasteiger partial charge on any atom is -0.382 e. The van der Waals surface area contributed by atoms with Gasteiger partial charge in [0.25, 0.3) is 0 Å². The Balaban J connectivity index is 2.17. The molecular weight excluding hydrogens is 126 g/mol. The van der Waals surface area contributed by atoms with Gasteiger partial charge in [0.1, 0.15) is 5.82 Å². The summed E-state index contributed by atoms with van der Waals surface area (Å²) in [4.78, 5) is 0. The van der Waals surface area contributed by atoms with E-state index in [1.54, 1.807) is 0 Å². The maximum absolute atomic E-state index is 5.45. The Morgan fingerprint density at radius 1 is 1.60 bits per heavy atom. The van der Waals surface area contributed by atoms with Crippen molar-refractivity contribution in [1.29, 1.82) is 0 Å². The second-order valence-corrected chi connectivity index (χ2v) is 2.88. The van der Waals surface area contributed by atoms with Gasteiger partial charge in [0.15, 0.2) is 0 Å². The minimum atomic E-state index is 0.613. The van der Waals surface area contributed by atoms with Gasteiger partial charge in [-0.05, 0) is 12.8 Å². The molecule has 0 aliphatic heterocycles. The predicted octanol–water partition coefficient (Wildman–Crippen LogP) is 1.26. The average molecular weight is 137 g/mol. The van der Waals surface area contributed by atoms with Crippen LogP contribution >= 0.6 is 0 Å². The lowest BCUT2D eigenvalue weighted by molar-refractivity contribution is 0.410. The Hall–Kier alpha value is -0.990. The molecule has 10 heavy (non-hydrogen) atoms. The highest BCUT2D eigenvalue weighted by Gasteiger charge is 2.20. The molecule has 3 N–H and O–H groups in total. The number of anilines is 1. The first kappa shape index (κ1) is 5.77. The van der Waals surface area contributed by atoms with Crippen LogP contribution in [0.2, 0.25) is 0 Å². The fourth-order valence-corrected chi connectivity index (χ4v) is 1.28. The van der Waals surface area contributed by atoms with Crippen LogP contribution in [0.3, 0.4) is 0 Å². The molecule has 0 spiro atoms. The summed E-state index contributed by atoms with van der Waals surface area (Å²) in [6, 6.07) is 1.93. The summed E-state index contributed by atoms with van der Waals surface area (Å²) >= 11 is 0. The second kappa shape index (κ2) is 2.01. The van der Waals surface area contributed by atoms with Gasteiger partial charge in [-0.15, -0.1) is 0 Å². The number of hydrogen-bond acceptors (Lipinski definition) is 2. The molecule has 1 fully saturated rings. The first-order chi connectivity index (χ1) is 4.86. The van der Waals surface area contributed by atoms with Gasteiger partial charge in [-0.25, -0.2) is 0 Å². The zero-order valence-corrected chi connectivity index (χ0v) is 5.80. The van der Waals surface area contributed by atoms with Gasteiger partial charge in [0, 0.05) is 17.7 Å². The predicted molar refractivity (Wildman–Crippen MR) is 39.6 cm³/mol. The van der Waals surface area contributed by atoms with Crippen molar-refractivity contribution < 1.29 is 0 Å². The SMILES string of the molecule is Nc1cc(C2CCC2)[nH]n1. The van der Waals surface area contributed by atoms with Crippen LogP contribution in [0.1, 0.15) is 30.9 Å². The molecule has 1 heterocycles. The summed E-state index contributed by atoms with van der Waals surface area (Å²) in [6.45, 7) is 0. The fourth-order valence-electron chi connectivity index (χ4n) is 1.28. The third kappa shape index (κ3) is 0.781. The molecular formula is C7H11N3. The molecule has 0 unspecified atom stereocenters. The first-order valence-corrected chi connectivity index (χ1v) is 3.67. The van der Waals surface area contributed by atoms with Crippen molar-refractivity contribution in [3.05, 3.63) is 11.8 Å². The highest BCUT2D eigenvalue weighted by atomic mass is 15.2. The molecule has 0 bridgehead atoms. The number of nitrogens with zero attached hydrogens (tertiary/aromatic N) is 1. The van der Waals surface area contributed by atoms with Crippen molar-refractivity contribution in [3.8, 4) is 0 Å². The van der Waals surface area contributed by atoms with Crippen LogP contribution in [-0.4, -0.2) is 10.2 Å². The van der Waals surface area contributed by atoms with Gasteiger partial charge in [0.05, 0.1) is 0 Å². The summed E-state index contributed by atoms with van der Waals surface area (Å²) in [7, 11) is 0. The molecule has 1 saturated carbocycles. The van der Waals surface area contributed by atoms with Crippen LogP contribution in [0.4, 0.5) is 5.82 Å². The smallest absolute Gasteiger partial charge is 0.145 e. The Morgan fingerprint density at radius 2 is 2.40 bits per heavy atom. The summed E-state index contributed by atoms with van der Waals surface area (Å²) in [6.07, 6.45) is 3.94. The maximum Gasteiger partial charge on any atom is 0.145 e. The molecule has 3 nitrogen and oxygen atoms in total. The van der Waals surface area contributed by atoms with Crippen molar-refractivity contribution in [3.63, 3.8) is 0 Å². The van der Waals surface area contributed by atoms with Crippen LogP contribution < -0.4 is 5.73 Å². The number of rotatable bonds is 1. The topological polar surface area (TPSA) is 54.7 Å². The van der Waals surface area contributed by atoms with E-state index < -0.39 is 0 Å². The molecule has 1 aliphatic rings. The molecule has 1 aliphatic carbocycles. The van der Waals surface area contributed by atoms with Crippen LogP contribution in [0.5, 0.6) is 0 Å². The quantitative estimate of drug-likeness (QED) is 0.612. The molecule has 0 atom stereocenters. The van der Waals surface area contributed by atoms with Crippen molar-refractivity contribution in [2.75, 3.05) is 5.73 Å². The maximum atomic E-state index is 5.45. The average Bonchev–Trinajstić information content (AvgIpc) is 2.10. The monoisotopic (exact) mass is 137 g/mol. The molecule has 0 saturated heterocycles. The van der Waals surface area contributed by atoms with Gasteiger partial charge < -0.3 is 5.73 Å². The van der Waals surface area contributed by atoms with E-state index in [0.29, 0.717) is 11.7 Å². The standard InChI is InChI=1S/C7H11N3/c8-7-4-6(9-10-7)5-2-1-3-5/h4-5H,1-3H2,(H3,8,9,10). The zero-order chi connectivity index (χ0) is 6.97. The van der Waals surface area contributed by atoms with Crippen molar-refractivity contribution in [2.24, 2.45) is 0 Å². The van der Waals surface area contributed by atoms with E-state index in [1.807, 2.05) is 6.07 Å². The molecule has 54 valence electrons. The van der Waals surface area contributed by atoms with Gasteiger partial charge in [-0.2, -0.15) is 5.10 Å². The summed E-state index contributed by atoms with van der Waals surface area (Å²) < 4.78 is 0. The van der Waals surface area contributed by atoms with Crippen molar-refractivity contribution in [2.45, 2.75) is 25.2 Å². The van der Waals surface area contributed by atoms with Crippen molar-refractivity contribution in [1.82, 2.24) is 10.2 Å². The highest BCUT2D eigenvalue weighted by Crippen LogP contribution is 2.35. The molecule has 0 aromatic carbocycles. The summed E-state index contributed by atoms with van der Waals surface area (Å²) in [5, 5.41) is 6.80. The second-order valence-electron chi connectivity index (χ2n) is 2.88. The summed E-state index contributed by atoms with van der Waals surface area (Å²) in [5.74, 6) is 1.33. The lowest BCUT2D eigenvalue weighted by Crippen LogP contribution is -2.08. The van der Waals surface area contributed by atoms with Crippen LogP contribution in [0.25, 0.3) is 0 Å². The molecule has 2 rings (SSSR count). The fraction of sp³-hybridized carbons (Fsp3) is 0.571. The lowest BCUT2D eigenvalue weighted by Gasteiger charge is -2.23. The normalized spacial score (nSPS) is 18.8. The molecule has 1 aromatic rings. The Labute approximate surface area is 59.6 Å². The number of nitrogen functional groups attached to an aromatic ring is 1. The van der Waals surface area contributed by atoms with E-state index in [-0.39, 0.29) is 0 Å². The van der Waals surface area contributed by atoms with E-state index in [4.69, 9.17) is 5.73 Å². The van der Waals surface area contributed by atoms with E-state index in [1.165, 1.54) is 25.0 Å². The molecule has 1 aromatic heterocycles. The van der Waals surface area contributed by atoms with Crippen molar-refractivity contribution >= 4 is 5.82 Å². The zero-order valence-electron chi connectivity index (χ0n) is 5.80. The van der Waals surface area contributed by atoms with E-state index in [0.717, 1.165) is 0 Å². The van der Waals surface area contributed by atoms with Gasteiger partial charge in [-0.3, -0.25) is 5.10 Å². The van der Waals surface area contributed by atoms with Gasteiger partial charge >= 0.3 is 0 Å². The van der Waals surface area contributed by atoms with Gasteiger partial charge in [-0.1, -0.05) is 6.42 Å². The first-order valence-electron chi connectivity index (χ1n) is 3.67. The minimum absolute atomic E-state index is 0.613. The lowest BCUT2D eigenvalue weighted by atomic mass is 9.83.